The Morgan fingerprint density at radius 1 is 1.13 bits per heavy atom. The molecule has 0 spiro atoms. The van der Waals surface area contributed by atoms with Crippen molar-refractivity contribution >= 4 is 0 Å². The zero-order valence-corrected chi connectivity index (χ0v) is 9.76. The Hall–Kier alpha value is -1.02. The van der Waals surface area contributed by atoms with Crippen molar-refractivity contribution in [3.63, 3.8) is 0 Å². The first-order valence-electron chi connectivity index (χ1n) is 5.44. The molecular weight excluding hydrogens is 188 g/mol. The van der Waals surface area contributed by atoms with Crippen LogP contribution in [0.3, 0.4) is 0 Å². The van der Waals surface area contributed by atoms with Crippen molar-refractivity contribution in [2.24, 2.45) is 0 Å². The maximum Gasteiger partial charge on any atom is 0.121 e. The van der Waals surface area contributed by atoms with Gasteiger partial charge < -0.3 is 5.11 Å². The van der Waals surface area contributed by atoms with Crippen LogP contribution in [0.1, 0.15) is 35.1 Å². The van der Waals surface area contributed by atoms with Crippen molar-refractivity contribution in [2.75, 3.05) is 6.61 Å². The summed E-state index contributed by atoms with van der Waals surface area (Å²) in [5.41, 5.74) is 4.31. The number of hydrogen-bond donors (Lipinski definition) is 1. The van der Waals surface area contributed by atoms with E-state index in [9.17, 15) is 10.2 Å². The van der Waals surface area contributed by atoms with Crippen LogP contribution in [-0.2, 0) is 11.5 Å². The van der Waals surface area contributed by atoms with Gasteiger partial charge in [-0.05, 0) is 62.3 Å². The highest BCUT2D eigenvalue weighted by atomic mass is 16.3. The van der Waals surface area contributed by atoms with E-state index in [0.29, 0.717) is 5.75 Å². The Morgan fingerprint density at radius 3 is 2.40 bits per heavy atom. The fourth-order valence-electron chi connectivity index (χ4n) is 1.83. The van der Waals surface area contributed by atoms with Crippen LogP contribution >= 0.6 is 0 Å². The predicted molar refractivity (Wildman–Crippen MR) is 60.8 cm³/mol. The molecule has 0 heterocycles. The molecule has 0 aliphatic carbocycles. The van der Waals surface area contributed by atoms with Crippen molar-refractivity contribution in [1.29, 1.82) is 0 Å². The van der Waals surface area contributed by atoms with E-state index in [1.54, 1.807) is 0 Å². The second-order valence-electron chi connectivity index (χ2n) is 4.11. The van der Waals surface area contributed by atoms with E-state index in [2.05, 4.69) is 0 Å². The van der Waals surface area contributed by atoms with E-state index in [1.165, 1.54) is 5.56 Å². The Bertz CT molecular complexity index is 343. The normalized spacial score (nSPS) is 10.7. The van der Waals surface area contributed by atoms with E-state index in [4.69, 9.17) is 0 Å². The summed E-state index contributed by atoms with van der Waals surface area (Å²) in [7, 11) is 0. The lowest BCUT2D eigenvalue weighted by Crippen LogP contribution is -1.96. The van der Waals surface area contributed by atoms with Crippen LogP contribution in [-0.4, -0.2) is 11.7 Å². The van der Waals surface area contributed by atoms with E-state index >= 15 is 0 Å². The molecule has 0 atom stereocenters. The van der Waals surface area contributed by atoms with Crippen LogP contribution in [0.2, 0.25) is 0 Å². The van der Waals surface area contributed by atoms with Gasteiger partial charge in [-0.15, -0.1) is 0 Å². The Morgan fingerprint density at radius 2 is 1.80 bits per heavy atom. The lowest BCUT2D eigenvalue weighted by atomic mass is 9.95. The molecule has 1 rings (SSSR count). The molecule has 0 aliphatic heterocycles. The molecule has 1 N–H and O–H groups in total. The quantitative estimate of drug-likeness (QED) is 0.757. The summed E-state index contributed by atoms with van der Waals surface area (Å²) in [6, 6.07) is 2.03. The number of aromatic hydroxyl groups is 1. The van der Waals surface area contributed by atoms with E-state index < -0.39 is 0 Å². The predicted octanol–water partition coefficient (Wildman–Crippen LogP) is 3.07. The second-order valence-corrected chi connectivity index (χ2v) is 4.11. The van der Waals surface area contributed by atoms with Crippen molar-refractivity contribution < 1.29 is 10.2 Å². The molecule has 0 amide bonds. The molecule has 0 fully saturated rings. The fraction of sp³-hybridized carbons (Fsp3) is 0.538. The standard InChI is InChI=1S/C13H19O2/c1-9-8-12(6-4-5-7-14)10(2)11(3)13(9)15/h8,15H,4-7H2,1-3H3. The zero-order chi connectivity index (χ0) is 11.4. The number of unbranched alkanes of at least 4 members (excludes halogenated alkanes) is 1. The van der Waals surface area contributed by atoms with Crippen LogP contribution in [0, 0.1) is 20.8 Å². The minimum Gasteiger partial charge on any atom is -0.507 e. The lowest BCUT2D eigenvalue weighted by molar-refractivity contribution is 0.187. The third-order valence-electron chi connectivity index (χ3n) is 3.00. The van der Waals surface area contributed by atoms with Gasteiger partial charge >= 0.3 is 0 Å². The van der Waals surface area contributed by atoms with Crippen LogP contribution in [0.5, 0.6) is 5.75 Å². The molecule has 1 radical (unpaired) electrons. The number of rotatable bonds is 4. The van der Waals surface area contributed by atoms with E-state index in [0.717, 1.165) is 36.0 Å². The van der Waals surface area contributed by atoms with Gasteiger partial charge in [0.15, 0.2) is 0 Å². The Kier molecular flexibility index (Phi) is 4.15. The smallest absolute Gasteiger partial charge is 0.121 e. The maximum atomic E-state index is 10.4. The third kappa shape index (κ3) is 2.72. The molecule has 83 valence electrons. The molecule has 1 aromatic rings. The zero-order valence-electron chi connectivity index (χ0n) is 9.76. The minimum atomic E-state index is 0.00902. The van der Waals surface area contributed by atoms with Crippen molar-refractivity contribution in [3.8, 4) is 5.75 Å². The van der Waals surface area contributed by atoms with E-state index in [-0.39, 0.29) is 6.61 Å². The molecule has 0 saturated carbocycles. The summed E-state index contributed by atoms with van der Waals surface area (Å²) >= 11 is 0. The van der Waals surface area contributed by atoms with Gasteiger partial charge in [0.25, 0.3) is 0 Å². The Labute approximate surface area is 91.6 Å². The number of benzene rings is 1. The first kappa shape index (κ1) is 12.1. The average Bonchev–Trinajstić information content (AvgIpc) is 2.23. The van der Waals surface area contributed by atoms with Gasteiger partial charge in [0.1, 0.15) is 5.75 Å². The molecule has 2 nitrogen and oxygen atoms in total. The molecule has 0 aromatic heterocycles. The average molecular weight is 207 g/mol. The molecule has 15 heavy (non-hydrogen) atoms. The van der Waals surface area contributed by atoms with E-state index in [1.807, 2.05) is 26.8 Å². The minimum absolute atomic E-state index is 0.00902. The highest BCUT2D eigenvalue weighted by molar-refractivity contribution is 5.48. The number of hydrogen-bond acceptors (Lipinski definition) is 1. The summed E-state index contributed by atoms with van der Waals surface area (Å²) < 4.78 is 0. The summed E-state index contributed by atoms with van der Waals surface area (Å²) in [6.07, 6.45) is 2.61. The first-order chi connectivity index (χ1) is 7.07. The van der Waals surface area contributed by atoms with Crippen LogP contribution in [0.4, 0.5) is 0 Å². The summed E-state index contributed by atoms with van der Waals surface area (Å²) in [4.78, 5) is 0. The van der Waals surface area contributed by atoms with Gasteiger partial charge in [-0.2, -0.15) is 0 Å². The van der Waals surface area contributed by atoms with Crippen LogP contribution in [0.25, 0.3) is 0 Å². The molecular formula is C13H19O2. The molecule has 0 saturated heterocycles. The van der Waals surface area contributed by atoms with Gasteiger partial charge in [-0.25, -0.2) is 5.11 Å². The SMILES string of the molecule is Cc1cc(CCCC[O])c(C)c(C)c1O. The van der Waals surface area contributed by atoms with Gasteiger partial charge in [-0.3, -0.25) is 0 Å². The Balaban J connectivity index is 2.89. The molecule has 2 heteroatoms. The second kappa shape index (κ2) is 5.17. The maximum absolute atomic E-state index is 10.4. The number of phenolic OH excluding ortho intramolecular Hbond substituents is 1. The first-order valence-corrected chi connectivity index (χ1v) is 5.44. The monoisotopic (exact) mass is 207 g/mol. The van der Waals surface area contributed by atoms with Gasteiger partial charge in [0.2, 0.25) is 0 Å². The summed E-state index contributed by atoms with van der Waals surface area (Å²) in [5.74, 6) is 0.403. The highest BCUT2D eigenvalue weighted by Gasteiger charge is 2.08. The third-order valence-corrected chi connectivity index (χ3v) is 3.00. The van der Waals surface area contributed by atoms with Gasteiger partial charge in [0, 0.05) is 0 Å². The lowest BCUT2D eigenvalue weighted by Gasteiger charge is -2.12. The molecule has 0 unspecified atom stereocenters. The molecule has 0 bridgehead atoms. The van der Waals surface area contributed by atoms with Crippen molar-refractivity contribution in [2.45, 2.75) is 40.0 Å². The topological polar surface area (TPSA) is 40.1 Å². The van der Waals surface area contributed by atoms with Gasteiger partial charge in [-0.1, -0.05) is 6.07 Å². The van der Waals surface area contributed by atoms with Crippen molar-refractivity contribution in [3.05, 3.63) is 28.3 Å². The van der Waals surface area contributed by atoms with Crippen LogP contribution in [0.15, 0.2) is 6.07 Å². The number of phenols is 1. The highest BCUT2D eigenvalue weighted by Crippen LogP contribution is 2.28. The number of aryl methyl sites for hydroxylation is 2. The molecule has 0 aliphatic rings. The van der Waals surface area contributed by atoms with Gasteiger partial charge in [0.05, 0.1) is 6.61 Å². The van der Waals surface area contributed by atoms with Crippen molar-refractivity contribution in [1.82, 2.24) is 0 Å². The summed E-state index contributed by atoms with van der Waals surface area (Å²) in [5, 5.41) is 20.1. The summed E-state index contributed by atoms with van der Waals surface area (Å²) in [6.45, 7) is 5.89. The largest absolute Gasteiger partial charge is 0.507 e. The van der Waals surface area contributed by atoms with Crippen LogP contribution < -0.4 is 0 Å². The fourth-order valence-corrected chi connectivity index (χ4v) is 1.83. The molecule has 1 aromatic carbocycles.